The largest absolute Gasteiger partial charge is 0.409 e. The first-order chi connectivity index (χ1) is 8.02. The van der Waals surface area contributed by atoms with E-state index >= 15 is 0 Å². The molecule has 1 heterocycles. The van der Waals surface area contributed by atoms with E-state index in [2.05, 4.69) is 10.5 Å². The van der Waals surface area contributed by atoms with Crippen molar-refractivity contribution in [1.82, 2.24) is 10.2 Å². The van der Waals surface area contributed by atoms with Crippen LogP contribution in [0.3, 0.4) is 0 Å². The molecular formula is C10H18N4O3. The molecule has 7 heteroatoms. The van der Waals surface area contributed by atoms with Crippen molar-refractivity contribution in [2.45, 2.75) is 26.3 Å². The summed E-state index contributed by atoms with van der Waals surface area (Å²) in [5.41, 5.74) is 5.40. The molecule has 0 spiro atoms. The van der Waals surface area contributed by atoms with Crippen molar-refractivity contribution < 1.29 is 14.8 Å². The second-order valence-corrected chi connectivity index (χ2v) is 3.99. The summed E-state index contributed by atoms with van der Waals surface area (Å²) >= 11 is 0. The van der Waals surface area contributed by atoms with Gasteiger partial charge in [0.1, 0.15) is 6.04 Å². The first kappa shape index (κ1) is 13.3. The zero-order valence-corrected chi connectivity index (χ0v) is 10.0. The van der Waals surface area contributed by atoms with E-state index in [0.29, 0.717) is 19.5 Å². The van der Waals surface area contributed by atoms with Crippen molar-refractivity contribution in [3.8, 4) is 0 Å². The first-order valence-corrected chi connectivity index (χ1v) is 5.58. The van der Waals surface area contributed by atoms with Crippen LogP contribution in [-0.2, 0) is 9.59 Å². The van der Waals surface area contributed by atoms with Gasteiger partial charge in [0.2, 0.25) is 11.8 Å². The number of hydrogen-bond donors (Lipinski definition) is 3. The Kier molecular flexibility index (Phi) is 4.30. The molecule has 2 unspecified atom stereocenters. The van der Waals surface area contributed by atoms with Crippen molar-refractivity contribution in [1.29, 1.82) is 0 Å². The highest BCUT2D eigenvalue weighted by atomic mass is 16.4. The maximum absolute atomic E-state index is 12.1. The fraction of sp³-hybridized carbons (Fsp3) is 0.700. The van der Waals surface area contributed by atoms with Crippen LogP contribution in [0.5, 0.6) is 0 Å². The molecule has 0 radical (unpaired) electrons. The topological polar surface area (TPSA) is 108 Å². The molecule has 1 aliphatic heterocycles. The Morgan fingerprint density at radius 2 is 2.41 bits per heavy atom. The van der Waals surface area contributed by atoms with Gasteiger partial charge in [0.05, 0.1) is 5.92 Å². The molecule has 2 atom stereocenters. The normalized spacial score (nSPS) is 23.2. The predicted molar refractivity (Wildman–Crippen MR) is 61.4 cm³/mol. The lowest BCUT2D eigenvalue weighted by molar-refractivity contribution is -0.144. The molecule has 0 bridgehead atoms. The highest BCUT2D eigenvalue weighted by molar-refractivity contribution is 6.03. The maximum Gasteiger partial charge on any atom is 0.242 e. The third-order valence-corrected chi connectivity index (χ3v) is 2.93. The highest BCUT2D eigenvalue weighted by Gasteiger charge is 2.34. The lowest BCUT2D eigenvalue weighted by atomic mass is 10.0. The number of carbonyl (C=O) groups excluding carboxylic acids is 2. The molecule has 1 rings (SSSR count). The van der Waals surface area contributed by atoms with Gasteiger partial charge in [-0.25, -0.2) is 0 Å². The summed E-state index contributed by atoms with van der Waals surface area (Å²) in [6.07, 6.45) is 0.542. The number of nitrogens with zero attached hydrogens (tertiary/aromatic N) is 2. The number of amides is 2. The van der Waals surface area contributed by atoms with Gasteiger partial charge in [0.25, 0.3) is 0 Å². The van der Waals surface area contributed by atoms with Crippen LogP contribution < -0.4 is 11.1 Å². The monoisotopic (exact) mass is 242 g/mol. The fourth-order valence-corrected chi connectivity index (χ4v) is 1.85. The number of oxime groups is 1. The molecule has 1 aliphatic rings. The van der Waals surface area contributed by atoms with Crippen LogP contribution in [0.4, 0.5) is 0 Å². The average Bonchev–Trinajstić information content (AvgIpc) is 2.35. The second-order valence-electron chi connectivity index (χ2n) is 3.99. The Morgan fingerprint density at radius 1 is 1.76 bits per heavy atom. The van der Waals surface area contributed by atoms with Gasteiger partial charge in [-0.2, -0.15) is 0 Å². The Bertz CT molecular complexity index is 342. The summed E-state index contributed by atoms with van der Waals surface area (Å²) in [7, 11) is 0. The maximum atomic E-state index is 12.1. The van der Waals surface area contributed by atoms with E-state index in [-0.39, 0.29) is 17.6 Å². The third-order valence-electron chi connectivity index (χ3n) is 2.93. The standard InChI is InChI=1S/C10H18N4O3/c1-3-7-9(15)12-4-5-14(7)10(16)6(2)8(11)13-17/h6-7,17H,3-5H2,1-2H3,(H2,11,13)(H,12,15). The second kappa shape index (κ2) is 5.51. The molecule has 0 saturated carbocycles. The number of hydrogen-bond acceptors (Lipinski definition) is 4. The van der Waals surface area contributed by atoms with E-state index in [1.54, 1.807) is 6.92 Å². The van der Waals surface area contributed by atoms with Crippen molar-refractivity contribution in [2.75, 3.05) is 13.1 Å². The van der Waals surface area contributed by atoms with E-state index in [0.717, 1.165) is 0 Å². The number of rotatable bonds is 3. The minimum absolute atomic E-state index is 0.143. The minimum Gasteiger partial charge on any atom is -0.409 e. The van der Waals surface area contributed by atoms with Crippen LogP contribution in [0.1, 0.15) is 20.3 Å². The van der Waals surface area contributed by atoms with Crippen LogP contribution >= 0.6 is 0 Å². The van der Waals surface area contributed by atoms with Crippen molar-refractivity contribution >= 4 is 17.6 Å². The first-order valence-electron chi connectivity index (χ1n) is 5.58. The van der Waals surface area contributed by atoms with Crippen LogP contribution in [0.25, 0.3) is 0 Å². The molecule has 0 aromatic carbocycles. The Balaban J connectivity index is 2.83. The van der Waals surface area contributed by atoms with E-state index < -0.39 is 12.0 Å². The summed E-state index contributed by atoms with van der Waals surface area (Å²) in [5, 5.41) is 14.1. The number of nitrogens with two attached hydrogens (primary N) is 1. The third kappa shape index (κ3) is 2.66. The van der Waals surface area contributed by atoms with Gasteiger partial charge >= 0.3 is 0 Å². The van der Waals surface area contributed by atoms with Crippen molar-refractivity contribution in [2.24, 2.45) is 16.8 Å². The molecule has 1 fully saturated rings. The molecular weight excluding hydrogens is 224 g/mol. The summed E-state index contributed by atoms with van der Waals surface area (Å²) in [6.45, 7) is 4.27. The molecule has 2 amide bonds. The van der Waals surface area contributed by atoms with Gasteiger partial charge in [-0.1, -0.05) is 12.1 Å². The van der Waals surface area contributed by atoms with Crippen LogP contribution in [0, 0.1) is 5.92 Å². The van der Waals surface area contributed by atoms with E-state index in [4.69, 9.17) is 10.9 Å². The highest BCUT2D eigenvalue weighted by Crippen LogP contribution is 2.13. The van der Waals surface area contributed by atoms with Gasteiger partial charge < -0.3 is 21.2 Å². The molecule has 1 saturated heterocycles. The number of carbonyl (C=O) groups is 2. The fourth-order valence-electron chi connectivity index (χ4n) is 1.85. The Morgan fingerprint density at radius 3 is 2.94 bits per heavy atom. The zero-order chi connectivity index (χ0) is 13.0. The molecule has 4 N–H and O–H groups in total. The number of nitrogens with one attached hydrogen (secondary N) is 1. The summed E-state index contributed by atoms with van der Waals surface area (Å²) in [6, 6.07) is -0.467. The lowest BCUT2D eigenvalue weighted by Gasteiger charge is -2.35. The number of amidine groups is 1. The summed E-state index contributed by atoms with van der Waals surface area (Å²) < 4.78 is 0. The summed E-state index contributed by atoms with van der Waals surface area (Å²) in [4.78, 5) is 25.2. The van der Waals surface area contributed by atoms with Gasteiger partial charge in [0.15, 0.2) is 5.84 Å². The van der Waals surface area contributed by atoms with Crippen molar-refractivity contribution in [3.05, 3.63) is 0 Å². The summed E-state index contributed by atoms with van der Waals surface area (Å²) in [5.74, 6) is -1.31. The quantitative estimate of drug-likeness (QED) is 0.258. The minimum atomic E-state index is -0.722. The average molecular weight is 242 g/mol. The number of piperazine rings is 1. The molecule has 0 aromatic heterocycles. The van der Waals surface area contributed by atoms with Crippen LogP contribution in [-0.4, -0.2) is 46.9 Å². The van der Waals surface area contributed by atoms with Gasteiger partial charge in [-0.3, -0.25) is 9.59 Å². The van der Waals surface area contributed by atoms with Crippen molar-refractivity contribution in [3.63, 3.8) is 0 Å². The lowest BCUT2D eigenvalue weighted by Crippen LogP contribution is -2.58. The van der Waals surface area contributed by atoms with Gasteiger partial charge in [-0.05, 0) is 13.3 Å². The predicted octanol–water partition coefficient (Wildman–Crippen LogP) is -0.894. The smallest absolute Gasteiger partial charge is 0.242 e. The molecule has 0 aromatic rings. The SMILES string of the molecule is CCC1C(=O)NCCN1C(=O)C(C)C(N)=NO. The molecule has 0 aliphatic carbocycles. The van der Waals surface area contributed by atoms with Crippen LogP contribution in [0.2, 0.25) is 0 Å². The van der Waals surface area contributed by atoms with E-state index in [1.165, 1.54) is 4.90 Å². The van der Waals surface area contributed by atoms with E-state index in [1.807, 2.05) is 6.92 Å². The van der Waals surface area contributed by atoms with Crippen LogP contribution in [0.15, 0.2) is 5.16 Å². The molecule has 96 valence electrons. The Hall–Kier alpha value is -1.79. The molecule has 17 heavy (non-hydrogen) atoms. The van der Waals surface area contributed by atoms with Gasteiger partial charge in [-0.15, -0.1) is 0 Å². The van der Waals surface area contributed by atoms with Gasteiger partial charge in [0, 0.05) is 13.1 Å². The Labute approximate surface area is 99.6 Å². The van der Waals surface area contributed by atoms with E-state index in [9.17, 15) is 9.59 Å². The zero-order valence-electron chi connectivity index (χ0n) is 10.0. The molecule has 7 nitrogen and oxygen atoms in total.